The zero-order chi connectivity index (χ0) is 21.0. The van der Waals surface area contributed by atoms with Crippen LogP contribution in [0.2, 0.25) is 0 Å². The summed E-state index contributed by atoms with van der Waals surface area (Å²) in [7, 11) is 3.10. The number of rotatable bonds is 9. The molecule has 154 valence electrons. The first-order valence-electron chi connectivity index (χ1n) is 9.20. The fourth-order valence-electron chi connectivity index (χ4n) is 2.95. The zero-order valence-corrected chi connectivity index (χ0v) is 17.7. The maximum absolute atomic E-state index is 13.1. The van der Waals surface area contributed by atoms with E-state index < -0.39 is 0 Å². The van der Waals surface area contributed by atoms with E-state index in [-0.39, 0.29) is 36.8 Å². The minimum Gasteiger partial charge on any atom is -0.497 e. The van der Waals surface area contributed by atoms with E-state index in [0.717, 1.165) is 4.88 Å². The van der Waals surface area contributed by atoms with Gasteiger partial charge in [-0.15, -0.1) is 11.3 Å². The maximum Gasteiger partial charge on any atom is 0.278 e. The van der Waals surface area contributed by atoms with Gasteiger partial charge in [0.05, 0.1) is 39.0 Å². The van der Waals surface area contributed by atoms with Gasteiger partial charge in [0.25, 0.3) is 11.8 Å². The Labute approximate surface area is 173 Å². The van der Waals surface area contributed by atoms with Crippen LogP contribution in [0.4, 0.5) is 5.69 Å². The monoisotopic (exact) mass is 416 g/mol. The molecule has 1 aromatic heterocycles. The van der Waals surface area contributed by atoms with Crippen molar-refractivity contribution >= 4 is 34.4 Å². The fourth-order valence-corrected chi connectivity index (χ4v) is 3.72. The topological polar surface area (TPSA) is 77.1 Å². The minimum absolute atomic E-state index is 0.0226. The van der Waals surface area contributed by atoms with Crippen LogP contribution in [0.15, 0.2) is 41.4 Å². The number of imide groups is 1. The second-order valence-corrected chi connectivity index (χ2v) is 7.58. The molecule has 2 heterocycles. The van der Waals surface area contributed by atoms with Crippen LogP contribution in [0.3, 0.4) is 0 Å². The molecule has 1 N–H and O–H groups in total. The predicted octanol–water partition coefficient (Wildman–Crippen LogP) is 3.38. The number of amides is 2. The smallest absolute Gasteiger partial charge is 0.278 e. The molecule has 0 aliphatic carbocycles. The summed E-state index contributed by atoms with van der Waals surface area (Å²) >= 11 is 1.41. The summed E-state index contributed by atoms with van der Waals surface area (Å²) < 4.78 is 16.1. The van der Waals surface area contributed by atoms with Crippen molar-refractivity contribution in [2.45, 2.75) is 20.0 Å². The first kappa shape index (κ1) is 20.9. The molecule has 0 atom stereocenters. The van der Waals surface area contributed by atoms with E-state index in [0.29, 0.717) is 22.8 Å². The van der Waals surface area contributed by atoms with Crippen LogP contribution in [0.25, 0.3) is 5.57 Å². The van der Waals surface area contributed by atoms with E-state index in [9.17, 15) is 9.59 Å². The first-order chi connectivity index (χ1) is 13.9. The van der Waals surface area contributed by atoms with E-state index in [2.05, 4.69) is 5.32 Å². The zero-order valence-electron chi connectivity index (χ0n) is 16.9. The number of carbonyl (C=O) groups is 2. The number of nitrogens with zero attached hydrogens (tertiary/aromatic N) is 1. The standard InChI is InChI=1S/C21H24N2O5S/c1-13(2)28-8-7-23-20(24)18(17-6-5-9-29-17)19(21(23)25)22-14-10-15(26-3)12-16(11-14)27-4/h5-6,9-13,22H,7-8H2,1-4H3. The van der Waals surface area contributed by atoms with Crippen molar-refractivity contribution in [3.63, 3.8) is 0 Å². The normalized spacial score (nSPS) is 14.2. The lowest BCUT2D eigenvalue weighted by molar-refractivity contribution is -0.137. The van der Waals surface area contributed by atoms with Crippen LogP contribution in [-0.2, 0) is 14.3 Å². The van der Waals surface area contributed by atoms with Gasteiger partial charge in [-0.3, -0.25) is 14.5 Å². The van der Waals surface area contributed by atoms with Crippen molar-refractivity contribution in [2.75, 3.05) is 32.7 Å². The molecule has 1 aliphatic heterocycles. The number of anilines is 1. The van der Waals surface area contributed by atoms with E-state index in [1.54, 1.807) is 32.4 Å². The van der Waals surface area contributed by atoms with E-state index in [1.165, 1.54) is 16.2 Å². The molecule has 2 aromatic rings. The molecule has 0 spiro atoms. The van der Waals surface area contributed by atoms with Crippen molar-refractivity contribution in [3.8, 4) is 11.5 Å². The van der Waals surface area contributed by atoms with Gasteiger partial charge in [0.1, 0.15) is 17.2 Å². The number of hydrogen-bond acceptors (Lipinski definition) is 7. The molecular weight excluding hydrogens is 392 g/mol. The summed E-state index contributed by atoms with van der Waals surface area (Å²) in [5.41, 5.74) is 1.18. The SMILES string of the molecule is COc1cc(NC2=C(c3cccs3)C(=O)N(CCOC(C)C)C2=O)cc(OC)c1. The number of carbonyl (C=O) groups excluding carboxylic acids is 2. The third kappa shape index (κ3) is 4.60. The van der Waals surface area contributed by atoms with E-state index >= 15 is 0 Å². The molecule has 0 radical (unpaired) electrons. The van der Waals surface area contributed by atoms with Gasteiger partial charge in [-0.2, -0.15) is 0 Å². The van der Waals surface area contributed by atoms with Gasteiger partial charge in [0.15, 0.2) is 0 Å². The van der Waals surface area contributed by atoms with Gasteiger partial charge in [0, 0.05) is 28.8 Å². The lowest BCUT2D eigenvalue weighted by atomic mass is 10.2. The molecule has 3 rings (SSSR count). The Morgan fingerprint density at radius 1 is 1.07 bits per heavy atom. The van der Waals surface area contributed by atoms with Crippen LogP contribution in [-0.4, -0.2) is 50.2 Å². The van der Waals surface area contributed by atoms with Crippen molar-refractivity contribution in [1.82, 2.24) is 4.90 Å². The molecule has 0 bridgehead atoms. The molecule has 8 heteroatoms. The Kier molecular flexibility index (Phi) is 6.56. The molecule has 0 fully saturated rings. The highest BCUT2D eigenvalue weighted by Crippen LogP contribution is 2.34. The summed E-state index contributed by atoms with van der Waals surface area (Å²) in [5, 5.41) is 4.98. The third-order valence-corrected chi connectivity index (χ3v) is 5.21. The highest BCUT2D eigenvalue weighted by atomic mass is 32.1. The largest absolute Gasteiger partial charge is 0.497 e. The summed E-state index contributed by atoms with van der Waals surface area (Å²) in [6.07, 6.45) is 0.0226. The summed E-state index contributed by atoms with van der Waals surface area (Å²) in [4.78, 5) is 28.1. The van der Waals surface area contributed by atoms with Gasteiger partial charge < -0.3 is 19.5 Å². The summed E-state index contributed by atoms with van der Waals surface area (Å²) in [6, 6.07) is 8.89. The van der Waals surface area contributed by atoms with Gasteiger partial charge >= 0.3 is 0 Å². The molecule has 7 nitrogen and oxygen atoms in total. The molecule has 2 amide bonds. The molecule has 1 aromatic carbocycles. The Hall–Kier alpha value is -2.84. The minimum atomic E-state index is -0.382. The van der Waals surface area contributed by atoms with Crippen LogP contribution in [0, 0.1) is 0 Å². The van der Waals surface area contributed by atoms with Crippen LogP contribution < -0.4 is 14.8 Å². The van der Waals surface area contributed by atoms with Crippen LogP contribution >= 0.6 is 11.3 Å². The average Bonchev–Trinajstić information content (AvgIpc) is 3.30. The fraction of sp³-hybridized carbons (Fsp3) is 0.333. The number of ether oxygens (including phenoxy) is 3. The lowest BCUT2D eigenvalue weighted by Crippen LogP contribution is -2.35. The maximum atomic E-state index is 13.1. The molecule has 0 saturated carbocycles. The number of thiophene rings is 1. The van der Waals surface area contributed by atoms with Gasteiger partial charge in [-0.25, -0.2) is 0 Å². The number of hydrogen-bond donors (Lipinski definition) is 1. The quantitative estimate of drug-likeness (QED) is 0.632. The van der Waals surface area contributed by atoms with E-state index in [4.69, 9.17) is 14.2 Å². The Morgan fingerprint density at radius 3 is 2.31 bits per heavy atom. The lowest BCUT2D eigenvalue weighted by Gasteiger charge is -2.16. The Bertz CT molecular complexity index is 899. The van der Waals surface area contributed by atoms with E-state index in [1.807, 2.05) is 31.4 Å². The molecule has 29 heavy (non-hydrogen) atoms. The first-order valence-corrected chi connectivity index (χ1v) is 10.1. The highest BCUT2D eigenvalue weighted by molar-refractivity contribution is 7.11. The van der Waals surface area contributed by atoms with Crippen LogP contribution in [0.5, 0.6) is 11.5 Å². The molecule has 0 unspecified atom stereocenters. The van der Waals surface area contributed by atoms with Crippen LogP contribution in [0.1, 0.15) is 18.7 Å². The predicted molar refractivity (Wildman–Crippen MR) is 112 cm³/mol. The van der Waals surface area contributed by atoms with Gasteiger partial charge in [-0.1, -0.05) is 6.07 Å². The number of methoxy groups -OCH3 is 2. The van der Waals surface area contributed by atoms with Crippen molar-refractivity contribution in [3.05, 3.63) is 46.3 Å². The van der Waals surface area contributed by atoms with Crippen molar-refractivity contribution in [2.24, 2.45) is 0 Å². The Balaban J connectivity index is 1.94. The average molecular weight is 416 g/mol. The molecular formula is C21H24N2O5S. The second kappa shape index (κ2) is 9.11. The Morgan fingerprint density at radius 2 is 1.76 bits per heavy atom. The number of benzene rings is 1. The summed E-state index contributed by atoms with van der Waals surface area (Å²) in [6.45, 7) is 4.29. The number of nitrogens with one attached hydrogen (secondary N) is 1. The molecule has 1 aliphatic rings. The highest BCUT2D eigenvalue weighted by Gasteiger charge is 2.39. The van der Waals surface area contributed by atoms with Crippen molar-refractivity contribution in [1.29, 1.82) is 0 Å². The second-order valence-electron chi connectivity index (χ2n) is 6.64. The molecule has 0 saturated heterocycles. The third-order valence-electron chi connectivity index (χ3n) is 4.32. The van der Waals surface area contributed by atoms with Gasteiger partial charge in [0.2, 0.25) is 0 Å². The van der Waals surface area contributed by atoms with Crippen molar-refractivity contribution < 1.29 is 23.8 Å². The summed E-state index contributed by atoms with van der Waals surface area (Å²) in [5.74, 6) is 0.433. The van der Waals surface area contributed by atoms with Gasteiger partial charge in [-0.05, 0) is 25.3 Å².